The molecule has 2 N–H and O–H groups in total. The van der Waals surface area contributed by atoms with E-state index in [4.69, 9.17) is 4.74 Å². The van der Waals surface area contributed by atoms with Crippen molar-refractivity contribution in [3.05, 3.63) is 53.8 Å². The summed E-state index contributed by atoms with van der Waals surface area (Å²) in [5.41, 5.74) is 0.932. The van der Waals surface area contributed by atoms with Crippen LogP contribution in [0.25, 0.3) is 0 Å². The van der Waals surface area contributed by atoms with Gasteiger partial charge in [-0.3, -0.25) is 4.79 Å². The third kappa shape index (κ3) is 4.45. The maximum Gasteiger partial charge on any atom is 0.262 e. The van der Waals surface area contributed by atoms with Gasteiger partial charge in [0.15, 0.2) is 18.2 Å². The molecule has 0 spiro atoms. The van der Waals surface area contributed by atoms with E-state index >= 15 is 0 Å². The molecule has 0 saturated heterocycles. The fraction of sp³-hybridized carbons (Fsp3) is 0.278. The third-order valence-electron chi connectivity index (χ3n) is 3.27. The number of ether oxygens (including phenoxy) is 1. The number of rotatable bonds is 4. The molecule has 0 fully saturated rings. The van der Waals surface area contributed by atoms with E-state index in [1.165, 1.54) is 18.2 Å². The van der Waals surface area contributed by atoms with Gasteiger partial charge in [-0.05, 0) is 35.7 Å². The summed E-state index contributed by atoms with van der Waals surface area (Å²) in [7, 11) is 0. The number of para-hydroxylation sites is 1. The Balaban J connectivity index is 2.06. The summed E-state index contributed by atoms with van der Waals surface area (Å²) in [5.74, 6) is -0.685. The Hall–Kier alpha value is -2.56. The van der Waals surface area contributed by atoms with Gasteiger partial charge < -0.3 is 15.2 Å². The number of hydrogen-bond donors (Lipinski definition) is 2. The molecule has 2 aromatic rings. The van der Waals surface area contributed by atoms with E-state index in [9.17, 15) is 14.3 Å². The molecule has 0 unspecified atom stereocenters. The molecule has 0 aliphatic carbocycles. The van der Waals surface area contributed by atoms with Gasteiger partial charge >= 0.3 is 0 Å². The van der Waals surface area contributed by atoms with Crippen LogP contribution in [0.1, 0.15) is 26.3 Å². The standard InChI is InChI=1S/C18H20FNO3/c1-18(2,3)14-5-4-6-15(19)17(14)23-11-16(22)20-12-7-9-13(21)10-8-12/h4-10,21H,11H2,1-3H3,(H,20,22). The molecule has 2 aromatic carbocycles. The molecule has 0 atom stereocenters. The van der Waals surface area contributed by atoms with E-state index < -0.39 is 11.7 Å². The van der Waals surface area contributed by atoms with Crippen LogP contribution in [0.5, 0.6) is 11.5 Å². The Morgan fingerprint density at radius 2 is 1.83 bits per heavy atom. The van der Waals surface area contributed by atoms with E-state index in [-0.39, 0.29) is 23.5 Å². The van der Waals surface area contributed by atoms with Crippen molar-refractivity contribution in [2.24, 2.45) is 0 Å². The zero-order valence-corrected chi connectivity index (χ0v) is 13.4. The van der Waals surface area contributed by atoms with Crippen LogP contribution in [-0.2, 0) is 10.2 Å². The Morgan fingerprint density at radius 3 is 2.43 bits per heavy atom. The molecular weight excluding hydrogens is 297 g/mol. The highest BCUT2D eigenvalue weighted by Gasteiger charge is 2.22. The molecule has 0 aliphatic heterocycles. The van der Waals surface area contributed by atoms with Crippen LogP contribution in [0.3, 0.4) is 0 Å². The van der Waals surface area contributed by atoms with E-state index in [1.807, 2.05) is 20.8 Å². The average Bonchev–Trinajstić information content (AvgIpc) is 2.47. The monoisotopic (exact) mass is 317 g/mol. The van der Waals surface area contributed by atoms with Gasteiger partial charge in [0.05, 0.1) is 0 Å². The van der Waals surface area contributed by atoms with E-state index in [2.05, 4.69) is 5.32 Å². The summed E-state index contributed by atoms with van der Waals surface area (Å²) >= 11 is 0. The predicted molar refractivity (Wildman–Crippen MR) is 87.3 cm³/mol. The lowest BCUT2D eigenvalue weighted by atomic mass is 9.86. The topological polar surface area (TPSA) is 58.6 Å². The minimum Gasteiger partial charge on any atom is -0.508 e. The minimum absolute atomic E-state index is 0.0980. The number of phenols is 1. The van der Waals surface area contributed by atoms with Crippen molar-refractivity contribution >= 4 is 11.6 Å². The number of hydrogen-bond acceptors (Lipinski definition) is 3. The van der Waals surface area contributed by atoms with Gasteiger partial charge in [-0.2, -0.15) is 0 Å². The summed E-state index contributed by atoms with van der Waals surface area (Å²) in [6, 6.07) is 10.8. The van der Waals surface area contributed by atoms with Gasteiger partial charge in [-0.25, -0.2) is 4.39 Å². The van der Waals surface area contributed by atoms with Crippen LogP contribution in [0.2, 0.25) is 0 Å². The summed E-state index contributed by atoms with van der Waals surface area (Å²) in [6.07, 6.45) is 0. The van der Waals surface area contributed by atoms with E-state index in [0.717, 1.165) is 0 Å². The van der Waals surface area contributed by atoms with Crippen LogP contribution >= 0.6 is 0 Å². The second-order valence-corrected chi connectivity index (χ2v) is 6.25. The lowest BCUT2D eigenvalue weighted by Gasteiger charge is -2.23. The number of aromatic hydroxyl groups is 1. The fourth-order valence-electron chi connectivity index (χ4n) is 2.13. The first-order valence-electron chi connectivity index (χ1n) is 7.28. The number of phenolic OH excluding ortho intramolecular Hbond substituents is 1. The van der Waals surface area contributed by atoms with Crippen molar-refractivity contribution in [3.8, 4) is 11.5 Å². The first-order valence-corrected chi connectivity index (χ1v) is 7.28. The molecular formula is C18H20FNO3. The summed E-state index contributed by atoms with van der Waals surface area (Å²) in [6.45, 7) is 5.55. The zero-order chi connectivity index (χ0) is 17.0. The largest absolute Gasteiger partial charge is 0.508 e. The van der Waals surface area contributed by atoms with Crippen molar-refractivity contribution in [1.29, 1.82) is 0 Å². The number of carbonyl (C=O) groups excluding carboxylic acids is 1. The maximum atomic E-state index is 14.0. The van der Waals surface area contributed by atoms with E-state index in [1.54, 1.807) is 24.3 Å². The molecule has 0 saturated carbocycles. The van der Waals surface area contributed by atoms with Crippen molar-refractivity contribution in [3.63, 3.8) is 0 Å². The molecule has 1 amide bonds. The molecule has 4 nitrogen and oxygen atoms in total. The van der Waals surface area contributed by atoms with Gasteiger partial charge in [0.2, 0.25) is 0 Å². The molecule has 0 bridgehead atoms. The van der Waals surface area contributed by atoms with Crippen molar-refractivity contribution in [2.75, 3.05) is 11.9 Å². The average molecular weight is 317 g/mol. The molecule has 5 heteroatoms. The molecule has 0 aliphatic rings. The normalized spacial score (nSPS) is 11.1. The van der Waals surface area contributed by atoms with Gasteiger partial charge in [-0.15, -0.1) is 0 Å². The van der Waals surface area contributed by atoms with Crippen LogP contribution in [0.15, 0.2) is 42.5 Å². The number of benzene rings is 2. The highest BCUT2D eigenvalue weighted by atomic mass is 19.1. The SMILES string of the molecule is CC(C)(C)c1cccc(F)c1OCC(=O)Nc1ccc(O)cc1. The third-order valence-corrected chi connectivity index (χ3v) is 3.27. The van der Waals surface area contributed by atoms with Crippen LogP contribution in [0, 0.1) is 5.82 Å². The minimum atomic E-state index is -0.491. The van der Waals surface area contributed by atoms with Crippen LogP contribution in [0.4, 0.5) is 10.1 Å². The van der Waals surface area contributed by atoms with Gasteiger partial charge in [0.1, 0.15) is 5.75 Å². The Bertz CT molecular complexity index is 690. The predicted octanol–water partition coefficient (Wildman–Crippen LogP) is 3.85. The molecule has 2 rings (SSSR count). The molecule has 122 valence electrons. The summed E-state index contributed by atoms with van der Waals surface area (Å²) in [5, 5.41) is 11.8. The van der Waals surface area contributed by atoms with E-state index in [0.29, 0.717) is 11.3 Å². The second-order valence-electron chi connectivity index (χ2n) is 6.25. The van der Waals surface area contributed by atoms with Crippen LogP contribution in [-0.4, -0.2) is 17.6 Å². The Morgan fingerprint density at radius 1 is 1.17 bits per heavy atom. The number of amides is 1. The number of carbonyl (C=O) groups is 1. The van der Waals surface area contributed by atoms with Gasteiger partial charge in [0, 0.05) is 11.3 Å². The van der Waals surface area contributed by atoms with Gasteiger partial charge in [0.25, 0.3) is 5.91 Å². The molecule has 0 aromatic heterocycles. The van der Waals surface area contributed by atoms with Crippen molar-refractivity contribution in [2.45, 2.75) is 26.2 Å². The molecule has 0 radical (unpaired) electrons. The Labute approximate surface area is 134 Å². The molecule has 0 heterocycles. The van der Waals surface area contributed by atoms with Crippen molar-refractivity contribution < 1.29 is 19.0 Å². The lowest BCUT2D eigenvalue weighted by molar-refractivity contribution is -0.118. The summed E-state index contributed by atoms with van der Waals surface area (Å²) in [4.78, 5) is 11.9. The zero-order valence-electron chi connectivity index (χ0n) is 13.4. The number of anilines is 1. The fourth-order valence-corrected chi connectivity index (χ4v) is 2.13. The highest BCUT2D eigenvalue weighted by molar-refractivity contribution is 5.91. The van der Waals surface area contributed by atoms with Crippen molar-refractivity contribution in [1.82, 2.24) is 0 Å². The lowest BCUT2D eigenvalue weighted by Crippen LogP contribution is -2.22. The maximum absolute atomic E-state index is 14.0. The number of nitrogens with one attached hydrogen (secondary N) is 1. The van der Waals surface area contributed by atoms with Crippen LogP contribution < -0.4 is 10.1 Å². The number of halogens is 1. The first kappa shape index (κ1) is 16.8. The Kier molecular flexibility index (Phi) is 4.89. The summed E-state index contributed by atoms with van der Waals surface area (Å²) < 4.78 is 19.4. The highest BCUT2D eigenvalue weighted by Crippen LogP contribution is 2.33. The smallest absolute Gasteiger partial charge is 0.262 e. The first-order chi connectivity index (χ1) is 10.8. The molecule has 23 heavy (non-hydrogen) atoms. The second kappa shape index (κ2) is 6.69. The van der Waals surface area contributed by atoms with Gasteiger partial charge in [-0.1, -0.05) is 32.9 Å². The quantitative estimate of drug-likeness (QED) is 0.842.